The quantitative estimate of drug-likeness (QED) is 0.313. The van der Waals surface area contributed by atoms with E-state index in [4.69, 9.17) is 4.42 Å². The topological polar surface area (TPSA) is 163 Å². The summed E-state index contributed by atoms with van der Waals surface area (Å²) in [5, 5.41) is 22.0. The van der Waals surface area contributed by atoms with Crippen molar-refractivity contribution in [1.82, 2.24) is 30.8 Å². The lowest BCUT2D eigenvalue weighted by atomic mass is 9.85. The molecule has 200 valence electrons. The lowest BCUT2D eigenvalue weighted by molar-refractivity contribution is -0.139. The van der Waals surface area contributed by atoms with Crippen molar-refractivity contribution in [3.05, 3.63) is 42.0 Å². The van der Waals surface area contributed by atoms with E-state index in [1.807, 2.05) is 6.92 Å². The van der Waals surface area contributed by atoms with Gasteiger partial charge in [0.25, 0.3) is 11.8 Å². The van der Waals surface area contributed by atoms with Crippen molar-refractivity contribution in [3.63, 3.8) is 0 Å². The average Bonchev–Trinajstić information content (AvgIpc) is 3.44. The molecule has 0 aliphatic heterocycles. The average molecular weight is 521 g/mol. The minimum absolute atomic E-state index is 0.0677. The first-order valence-electron chi connectivity index (χ1n) is 13.2. The van der Waals surface area contributed by atoms with Crippen LogP contribution in [0.25, 0.3) is 22.8 Å². The number of oxazole rings is 1. The van der Waals surface area contributed by atoms with Gasteiger partial charge in [0.1, 0.15) is 6.04 Å². The Balaban J connectivity index is 1.25. The van der Waals surface area contributed by atoms with Crippen LogP contribution in [0.3, 0.4) is 0 Å². The lowest BCUT2D eigenvalue weighted by Crippen LogP contribution is -2.42. The Morgan fingerprint density at radius 3 is 2.58 bits per heavy atom. The number of carbonyl (C=O) groups is 3. The van der Waals surface area contributed by atoms with Gasteiger partial charge in [-0.1, -0.05) is 44.2 Å². The maximum absolute atomic E-state index is 12.8. The van der Waals surface area contributed by atoms with E-state index in [-0.39, 0.29) is 29.4 Å². The first kappa shape index (κ1) is 25.6. The maximum Gasteiger partial charge on any atom is 0.326 e. The molecule has 3 aromatic rings. The predicted molar refractivity (Wildman–Crippen MR) is 137 cm³/mol. The summed E-state index contributed by atoms with van der Waals surface area (Å²) in [5.41, 5.74) is 1.22. The zero-order valence-electron chi connectivity index (χ0n) is 21.3. The van der Waals surface area contributed by atoms with Crippen molar-refractivity contribution in [2.24, 2.45) is 11.8 Å². The highest BCUT2D eigenvalue weighted by atomic mass is 16.4. The Morgan fingerprint density at radius 1 is 1.08 bits per heavy atom. The van der Waals surface area contributed by atoms with E-state index in [9.17, 15) is 19.5 Å². The Morgan fingerprint density at radius 2 is 1.84 bits per heavy atom. The molecule has 11 heteroatoms. The number of aromatic nitrogens is 4. The smallest absolute Gasteiger partial charge is 0.326 e. The second-order valence-electron chi connectivity index (χ2n) is 10.3. The summed E-state index contributed by atoms with van der Waals surface area (Å²) < 4.78 is 5.68. The second-order valence-corrected chi connectivity index (χ2v) is 10.3. The van der Waals surface area contributed by atoms with E-state index in [0.717, 1.165) is 38.5 Å². The SMILES string of the molecule is C[C@H](NC(=O)c1nc(-c2cccc(-c3ncc(C(=O)N[C@@H](CC4CCCCC4)C(=O)O)o3)c2)n[nH]1)C1CC1. The van der Waals surface area contributed by atoms with E-state index in [1.54, 1.807) is 24.3 Å². The van der Waals surface area contributed by atoms with Crippen LogP contribution in [0.5, 0.6) is 0 Å². The van der Waals surface area contributed by atoms with Crippen LogP contribution in [0.4, 0.5) is 0 Å². The zero-order chi connectivity index (χ0) is 26.6. The molecule has 0 radical (unpaired) electrons. The van der Waals surface area contributed by atoms with Crippen LogP contribution in [0.1, 0.15) is 79.5 Å². The third-order valence-corrected chi connectivity index (χ3v) is 7.38. The van der Waals surface area contributed by atoms with E-state index in [2.05, 4.69) is 30.8 Å². The van der Waals surface area contributed by atoms with E-state index >= 15 is 0 Å². The molecule has 2 aromatic heterocycles. The van der Waals surface area contributed by atoms with Crippen molar-refractivity contribution in [3.8, 4) is 22.8 Å². The number of H-pyrrole nitrogens is 1. The van der Waals surface area contributed by atoms with Crippen molar-refractivity contribution in [2.45, 2.75) is 70.4 Å². The molecule has 0 saturated heterocycles. The van der Waals surface area contributed by atoms with Crippen LogP contribution >= 0.6 is 0 Å². The van der Waals surface area contributed by atoms with Gasteiger partial charge in [0, 0.05) is 17.2 Å². The number of hydrogen-bond acceptors (Lipinski definition) is 7. The van der Waals surface area contributed by atoms with Gasteiger partial charge in [0.15, 0.2) is 5.82 Å². The Labute approximate surface area is 219 Å². The van der Waals surface area contributed by atoms with Gasteiger partial charge in [-0.3, -0.25) is 14.7 Å². The molecule has 2 aliphatic carbocycles. The fourth-order valence-electron chi connectivity index (χ4n) is 4.99. The third-order valence-electron chi connectivity index (χ3n) is 7.38. The van der Waals surface area contributed by atoms with Crippen molar-refractivity contribution >= 4 is 17.8 Å². The Hall–Kier alpha value is -4.02. The van der Waals surface area contributed by atoms with Gasteiger partial charge in [0.2, 0.25) is 17.5 Å². The monoisotopic (exact) mass is 520 g/mol. The standard InChI is InChI=1S/C27H32N6O5/c1-15(17-10-11-17)29-25(35)23-31-22(32-33-23)18-8-5-9-19(13-18)26-28-14-21(38-26)24(34)30-20(27(36)37)12-16-6-3-2-4-7-16/h5,8-9,13-17,20H,2-4,6-7,10-12H2,1H3,(H,29,35)(H,30,34)(H,36,37)(H,31,32,33)/t15-,20-/m0/s1. The van der Waals surface area contributed by atoms with E-state index in [1.165, 1.54) is 12.6 Å². The minimum atomic E-state index is -1.06. The van der Waals surface area contributed by atoms with Crippen LogP contribution in [0, 0.1) is 11.8 Å². The highest BCUT2D eigenvalue weighted by Gasteiger charge is 2.30. The number of amides is 2. The predicted octanol–water partition coefficient (Wildman–Crippen LogP) is 3.81. The number of nitrogens with zero attached hydrogens (tertiary/aromatic N) is 3. The van der Waals surface area contributed by atoms with Gasteiger partial charge >= 0.3 is 5.97 Å². The molecule has 2 amide bonds. The molecule has 2 heterocycles. The third kappa shape index (κ3) is 6.09. The van der Waals surface area contributed by atoms with E-state index < -0.39 is 17.9 Å². The first-order valence-corrected chi connectivity index (χ1v) is 13.2. The number of carboxylic acids is 1. The molecule has 0 unspecified atom stereocenters. The molecule has 2 saturated carbocycles. The summed E-state index contributed by atoms with van der Waals surface area (Å²) in [5.74, 6) is -0.553. The molecule has 2 aliphatic rings. The summed E-state index contributed by atoms with van der Waals surface area (Å²) in [6.45, 7) is 1.99. The lowest BCUT2D eigenvalue weighted by Gasteiger charge is -2.24. The van der Waals surface area contributed by atoms with Crippen LogP contribution < -0.4 is 10.6 Å². The number of carbonyl (C=O) groups excluding carboxylic acids is 2. The number of aromatic amines is 1. The summed E-state index contributed by atoms with van der Waals surface area (Å²) in [4.78, 5) is 45.5. The summed E-state index contributed by atoms with van der Waals surface area (Å²) in [6, 6.07) is 6.18. The highest BCUT2D eigenvalue weighted by molar-refractivity contribution is 5.94. The fourth-order valence-corrected chi connectivity index (χ4v) is 4.99. The van der Waals surface area contributed by atoms with E-state index in [0.29, 0.717) is 35.2 Å². The molecule has 2 atom stereocenters. The molecule has 4 N–H and O–H groups in total. The number of aliphatic carboxylic acids is 1. The normalized spacial score (nSPS) is 17.5. The number of rotatable bonds is 10. The molecular weight excluding hydrogens is 488 g/mol. The van der Waals surface area contributed by atoms with Crippen molar-refractivity contribution in [1.29, 1.82) is 0 Å². The number of hydrogen-bond donors (Lipinski definition) is 4. The molecule has 2 fully saturated rings. The Bertz CT molecular complexity index is 1310. The van der Waals surface area contributed by atoms with Crippen molar-refractivity contribution in [2.75, 3.05) is 0 Å². The molecular formula is C27H32N6O5. The molecule has 11 nitrogen and oxygen atoms in total. The largest absolute Gasteiger partial charge is 0.480 e. The van der Waals surface area contributed by atoms with Crippen LogP contribution in [-0.4, -0.2) is 55.1 Å². The van der Waals surface area contributed by atoms with Gasteiger partial charge in [-0.05, 0) is 50.2 Å². The van der Waals surface area contributed by atoms with Gasteiger partial charge in [-0.15, -0.1) is 0 Å². The molecule has 38 heavy (non-hydrogen) atoms. The number of carboxylic acid groups (broad SMARTS) is 1. The van der Waals surface area contributed by atoms with Crippen LogP contribution in [0.15, 0.2) is 34.9 Å². The van der Waals surface area contributed by atoms with Crippen molar-refractivity contribution < 1.29 is 23.9 Å². The zero-order valence-corrected chi connectivity index (χ0v) is 21.3. The molecule has 5 rings (SSSR count). The summed E-state index contributed by atoms with van der Waals surface area (Å²) in [6.07, 6.45) is 9.27. The Kier molecular flexibility index (Phi) is 7.52. The minimum Gasteiger partial charge on any atom is -0.480 e. The molecule has 0 bridgehead atoms. The van der Waals surface area contributed by atoms with Gasteiger partial charge in [-0.25, -0.2) is 14.8 Å². The van der Waals surface area contributed by atoms with Gasteiger partial charge in [-0.2, -0.15) is 5.10 Å². The highest BCUT2D eigenvalue weighted by Crippen LogP contribution is 2.32. The fraction of sp³-hybridized carbons (Fsp3) is 0.481. The summed E-state index contributed by atoms with van der Waals surface area (Å²) in [7, 11) is 0. The number of benzene rings is 1. The van der Waals surface area contributed by atoms with Gasteiger partial charge < -0.3 is 20.2 Å². The van der Waals surface area contributed by atoms with Crippen LogP contribution in [-0.2, 0) is 4.79 Å². The molecule has 1 aromatic carbocycles. The summed E-state index contributed by atoms with van der Waals surface area (Å²) >= 11 is 0. The number of nitrogens with one attached hydrogen (secondary N) is 3. The second kappa shape index (κ2) is 11.2. The molecule has 0 spiro atoms. The first-order chi connectivity index (χ1) is 18.4. The van der Waals surface area contributed by atoms with Gasteiger partial charge in [0.05, 0.1) is 6.20 Å². The maximum atomic E-state index is 12.8. The van der Waals surface area contributed by atoms with Crippen LogP contribution in [0.2, 0.25) is 0 Å².